The molecule has 0 N–H and O–H groups in total. The van der Waals surface area contributed by atoms with Gasteiger partial charge in [-0.05, 0) is 48.9 Å². The predicted octanol–water partition coefficient (Wildman–Crippen LogP) is 9.80. The van der Waals surface area contributed by atoms with Crippen LogP contribution in [-0.4, -0.2) is 19.5 Å². The van der Waals surface area contributed by atoms with E-state index in [0.29, 0.717) is 11.6 Å². The summed E-state index contributed by atoms with van der Waals surface area (Å²) < 4.78 is 8.76. The molecule has 5 nitrogen and oxygen atoms in total. The quantitative estimate of drug-likeness (QED) is 0.213. The Bertz CT molecular complexity index is 2380. The molecular formula is C39H26N4O. The van der Waals surface area contributed by atoms with Crippen LogP contribution >= 0.6 is 0 Å². The third-order valence-electron chi connectivity index (χ3n) is 8.55. The van der Waals surface area contributed by atoms with Gasteiger partial charge in [-0.3, -0.25) is 0 Å². The van der Waals surface area contributed by atoms with Gasteiger partial charge in [0, 0.05) is 44.3 Å². The smallest absolute Gasteiger partial charge is 0.163 e. The maximum Gasteiger partial charge on any atom is 0.163 e. The van der Waals surface area contributed by atoms with Gasteiger partial charge in [-0.15, -0.1) is 0 Å². The van der Waals surface area contributed by atoms with Crippen LogP contribution in [0.2, 0.25) is 0 Å². The summed E-state index contributed by atoms with van der Waals surface area (Å²) in [7, 11) is 0. The third-order valence-corrected chi connectivity index (χ3v) is 8.55. The van der Waals surface area contributed by atoms with Gasteiger partial charge in [0.2, 0.25) is 0 Å². The molecule has 0 amide bonds. The van der Waals surface area contributed by atoms with Crippen molar-refractivity contribution in [3.05, 3.63) is 145 Å². The van der Waals surface area contributed by atoms with E-state index in [-0.39, 0.29) is 5.92 Å². The van der Waals surface area contributed by atoms with E-state index in [4.69, 9.17) is 19.4 Å². The first kappa shape index (κ1) is 24.8. The molecule has 9 rings (SSSR count). The molecule has 0 radical (unpaired) electrons. The summed E-state index contributed by atoms with van der Waals surface area (Å²) in [6.07, 6.45) is 9.31. The molecular weight excluding hydrogens is 540 g/mol. The highest BCUT2D eigenvalue weighted by molar-refractivity contribution is 6.10. The standard InChI is InChI=1S/C39H26N4O/c1-3-11-25(12-4-1)37-40-38(26-13-5-2-6-14-26)42-39(41-37)27-19-21-31-32-24-28(20-22-35(32)44-36(31)23-27)43-33-17-9-7-15-29(33)30-16-8-10-18-34(30)43/h1-13,15-24,26H,14H2. The monoisotopic (exact) mass is 566 g/mol. The van der Waals surface area contributed by atoms with Crippen LogP contribution in [0.1, 0.15) is 18.2 Å². The largest absolute Gasteiger partial charge is 0.456 e. The molecule has 1 unspecified atom stereocenters. The average molecular weight is 567 g/mol. The maximum atomic E-state index is 6.42. The van der Waals surface area contributed by atoms with Crippen molar-refractivity contribution < 1.29 is 4.42 Å². The van der Waals surface area contributed by atoms with Crippen molar-refractivity contribution in [2.75, 3.05) is 0 Å². The van der Waals surface area contributed by atoms with Gasteiger partial charge in [0.25, 0.3) is 0 Å². The Labute approximate surface area is 253 Å². The lowest BCUT2D eigenvalue weighted by molar-refractivity contribution is 0.669. The Hall–Kier alpha value is -5.81. The first-order valence-corrected chi connectivity index (χ1v) is 14.9. The van der Waals surface area contributed by atoms with Gasteiger partial charge in [0.05, 0.1) is 11.0 Å². The summed E-state index contributed by atoms with van der Waals surface area (Å²) in [6, 6.07) is 40.0. The second-order valence-electron chi connectivity index (χ2n) is 11.2. The van der Waals surface area contributed by atoms with Crippen molar-refractivity contribution in [1.29, 1.82) is 0 Å². The zero-order valence-corrected chi connectivity index (χ0v) is 23.8. The van der Waals surface area contributed by atoms with Crippen molar-refractivity contribution in [3.63, 3.8) is 0 Å². The summed E-state index contributed by atoms with van der Waals surface area (Å²) in [5.74, 6) is 2.20. The summed E-state index contributed by atoms with van der Waals surface area (Å²) in [5, 5.41) is 4.63. The molecule has 0 bridgehead atoms. The number of furan rings is 1. The summed E-state index contributed by atoms with van der Waals surface area (Å²) in [5.41, 5.74) is 7.00. The van der Waals surface area contributed by atoms with Crippen LogP contribution in [0.15, 0.2) is 144 Å². The summed E-state index contributed by atoms with van der Waals surface area (Å²) >= 11 is 0. The highest BCUT2D eigenvalue weighted by Gasteiger charge is 2.19. The van der Waals surface area contributed by atoms with Crippen molar-refractivity contribution in [1.82, 2.24) is 19.5 Å². The van der Waals surface area contributed by atoms with Crippen LogP contribution in [0.3, 0.4) is 0 Å². The number of hydrogen-bond acceptors (Lipinski definition) is 4. The topological polar surface area (TPSA) is 56.7 Å². The fraction of sp³-hybridized carbons (Fsp3) is 0.0513. The summed E-state index contributed by atoms with van der Waals surface area (Å²) in [6.45, 7) is 0. The van der Waals surface area contributed by atoms with E-state index in [9.17, 15) is 0 Å². The van der Waals surface area contributed by atoms with Gasteiger partial charge in [0.1, 0.15) is 17.0 Å². The zero-order valence-electron chi connectivity index (χ0n) is 23.8. The van der Waals surface area contributed by atoms with Gasteiger partial charge < -0.3 is 8.98 Å². The zero-order chi connectivity index (χ0) is 29.0. The van der Waals surface area contributed by atoms with E-state index in [2.05, 4.69) is 114 Å². The van der Waals surface area contributed by atoms with E-state index in [1.165, 1.54) is 21.8 Å². The van der Waals surface area contributed by atoms with Crippen LogP contribution in [0.4, 0.5) is 0 Å². The Morgan fingerprint density at radius 3 is 2.05 bits per heavy atom. The van der Waals surface area contributed by atoms with Gasteiger partial charge in [0.15, 0.2) is 11.6 Å². The van der Waals surface area contributed by atoms with Crippen molar-refractivity contribution >= 4 is 43.7 Å². The first-order valence-electron chi connectivity index (χ1n) is 14.9. The van der Waals surface area contributed by atoms with Gasteiger partial charge >= 0.3 is 0 Å². The molecule has 1 atom stereocenters. The van der Waals surface area contributed by atoms with Gasteiger partial charge in [-0.2, -0.15) is 0 Å². The average Bonchev–Trinajstić information content (AvgIpc) is 3.64. The second-order valence-corrected chi connectivity index (χ2v) is 11.2. The van der Waals surface area contributed by atoms with E-state index in [1.54, 1.807) is 0 Å². The van der Waals surface area contributed by atoms with Crippen LogP contribution in [-0.2, 0) is 0 Å². The minimum absolute atomic E-state index is 0.110. The lowest BCUT2D eigenvalue weighted by Gasteiger charge is -2.14. The number of aromatic nitrogens is 4. The number of hydrogen-bond donors (Lipinski definition) is 0. The van der Waals surface area contributed by atoms with E-state index < -0.39 is 0 Å². The maximum absolute atomic E-state index is 6.42. The second kappa shape index (κ2) is 9.89. The Morgan fingerprint density at radius 2 is 1.30 bits per heavy atom. The van der Waals surface area contributed by atoms with E-state index >= 15 is 0 Å². The molecule has 0 saturated heterocycles. The third kappa shape index (κ3) is 3.97. The molecule has 0 aliphatic heterocycles. The molecule has 3 aromatic heterocycles. The Morgan fingerprint density at radius 1 is 0.568 bits per heavy atom. The van der Waals surface area contributed by atoms with Crippen LogP contribution in [0.5, 0.6) is 0 Å². The van der Waals surface area contributed by atoms with Gasteiger partial charge in [-0.1, -0.05) is 97.1 Å². The van der Waals surface area contributed by atoms with Crippen LogP contribution < -0.4 is 0 Å². The number of allylic oxidation sites excluding steroid dienone is 4. The number of para-hydroxylation sites is 2. The molecule has 1 aliphatic carbocycles. The molecule has 5 aromatic carbocycles. The molecule has 1 aliphatic rings. The number of rotatable bonds is 4. The van der Waals surface area contributed by atoms with Crippen molar-refractivity contribution in [2.45, 2.75) is 12.3 Å². The van der Waals surface area contributed by atoms with Crippen molar-refractivity contribution in [3.8, 4) is 28.5 Å². The van der Waals surface area contributed by atoms with Crippen LogP contribution in [0.25, 0.3) is 72.2 Å². The highest BCUT2D eigenvalue weighted by atomic mass is 16.3. The number of nitrogens with zero attached hydrogens (tertiary/aromatic N) is 4. The fourth-order valence-corrected chi connectivity index (χ4v) is 6.42. The predicted molar refractivity (Wildman–Crippen MR) is 178 cm³/mol. The molecule has 8 aromatic rings. The number of benzene rings is 5. The molecule has 5 heteroatoms. The lowest BCUT2D eigenvalue weighted by Crippen LogP contribution is -2.07. The minimum Gasteiger partial charge on any atom is -0.456 e. The normalized spacial score (nSPS) is 14.8. The lowest BCUT2D eigenvalue weighted by atomic mass is 10.00. The molecule has 44 heavy (non-hydrogen) atoms. The molecule has 208 valence electrons. The molecule has 0 spiro atoms. The van der Waals surface area contributed by atoms with Crippen LogP contribution in [0, 0.1) is 0 Å². The van der Waals surface area contributed by atoms with E-state index in [0.717, 1.165) is 51.0 Å². The minimum atomic E-state index is 0.110. The first-order chi connectivity index (χ1) is 21.8. The summed E-state index contributed by atoms with van der Waals surface area (Å²) in [4.78, 5) is 14.8. The molecule has 3 heterocycles. The Balaban J connectivity index is 1.18. The van der Waals surface area contributed by atoms with Gasteiger partial charge in [-0.25, -0.2) is 15.0 Å². The number of fused-ring (bicyclic) bond motifs is 6. The molecule has 0 fully saturated rings. The SMILES string of the molecule is C1=CCC(c2nc(-c3ccccc3)nc(-c3ccc4c(c3)oc3ccc(-n5c6ccccc6c6ccccc65)cc34)n2)C=C1. The van der Waals surface area contributed by atoms with Crippen molar-refractivity contribution in [2.24, 2.45) is 0 Å². The highest BCUT2D eigenvalue weighted by Crippen LogP contribution is 2.37. The fourth-order valence-electron chi connectivity index (χ4n) is 6.42. The Kier molecular flexibility index (Phi) is 5.56. The molecule has 0 saturated carbocycles. The van der Waals surface area contributed by atoms with E-state index in [1.807, 2.05) is 30.3 Å².